The van der Waals surface area contributed by atoms with Gasteiger partial charge in [-0.3, -0.25) is 9.59 Å². The van der Waals surface area contributed by atoms with E-state index in [1.165, 1.54) is 22.7 Å². The maximum absolute atomic E-state index is 12.8. The Hall–Kier alpha value is -3.76. The van der Waals surface area contributed by atoms with Gasteiger partial charge < -0.3 is 19.9 Å². The molecule has 0 radical (unpaired) electrons. The Morgan fingerprint density at radius 3 is 2.56 bits per heavy atom. The maximum Gasteiger partial charge on any atom is 0.268 e. The van der Waals surface area contributed by atoms with Gasteiger partial charge in [-0.2, -0.15) is 4.98 Å². The van der Waals surface area contributed by atoms with Gasteiger partial charge in [-0.25, -0.2) is 0 Å². The number of amides is 2. The molecule has 0 fully saturated rings. The molecule has 0 saturated carbocycles. The van der Waals surface area contributed by atoms with Crippen molar-refractivity contribution in [3.63, 3.8) is 0 Å². The number of nitrogens with one attached hydrogen (secondary N) is 2. The van der Waals surface area contributed by atoms with Crippen LogP contribution in [-0.4, -0.2) is 29.1 Å². The summed E-state index contributed by atoms with van der Waals surface area (Å²) in [7, 11) is 1.55. The molecule has 10 heteroatoms. The molecule has 162 valence electrons. The summed E-state index contributed by atoms with van der Waals surface area (Å²) in [6.07, 6.45) is 1.62. The number of carbonyl (C=O) groups is 2. The van der Waals surface area contributed by atoms with Crippen LogP contribution in [0.2, 0.25) is 0 Å². The zero-order valence-corrected chi connectivity index (χ0v) is 18.5. The summed E-state index contributed by atoms with van der Waals surface area (Å²) in [6, 6.07) is 14.1. The first-order valence-corrected chi connectivity index (χ1v) is 11.2. The fourth-order valence-electron chi connectivity index (χ4n) is 2.69. The standard InChI is InChI=1S/C22H18N4O4S2/c1-29-15-8-6-14(7-9-15)21(27)24-17(12-16-4-2-10-31-16)22(28)23-13-19-25-20(26-30-19)18-5-3-11-32-18/h2-12H,13H2,1H3,(H,23,28)(H,24,27)/b17-12-. The average Bonchev–Trinajstić information content (AvgIpc) is 3.59. The largest absolute Gasteiger partial charge is 0.497 e. The van der Waals surface area contributed by atoms with Crippen LogP contribution in [0.1, 0.15) is 21.1 Å². The molecular formula is C22H18N4O4S2. The van der Waals surface area contributed by atoms with Crippen molar-refractivity contribution < 1.29 is 18.8 Å². The van der Waals surface area contributed by atoms with E-state index < -0.39 is 11.8 Å². The molecule has 4 rings (SSSR count). The van der Waals surface area contributed by atoms with E-state index in [2.05, 4.69) is 20.8 Å². The summed E-state index contributed by atoms with van der Waals surface area (Å²) in [5.41, 5.74) is 0.499. The third-order valence-electron chi connectivity index (χ3n) is 4.28. The molecule has 2 N–H and O–H groups in total. The second kappa shape index (κ2) is 10.0. The van der Waals surface area contributed by atoms with Crippen molar-refractivity contribution in [2.75, 3.05) is 7.11 Å². The van der Waals surface area contributed by atoms with Gasteiger partial charge in [-0.05, 0) is 53.2 Å². The van der Waals surface area contributed by atoms with Crippen LogP contribution in [0.5, 0.6) is 5.75 Å². The third kappa shape index (κ3) is 5.29. The zero-order chi connectivity index (χ0) is 22.3. The Balaban J connectivity index is 1.46. The lowest BCUT2D eigenvalue weighted by Crippen LogP contribution is -2.34. The van der Waals surface area contributed by atoms with Crippen LogP contribution in [0.3, 0.4) is 0 Å². The van der Waals surface area contributed by atoms with Gasteiger partial charge in [-0.15, -0.1) is 22.7 Å². The predicted molar refractivity (Wildman–Crippen MR) is 122 cm³/mol. The minimum atomic E-state index is -0.476. The first-order valence-electron chi connectivity index (χ1n) is 9.47. The topological polar surface area (TPSA) is 106 Å². The number of carbonyl (C=O) groups excluding carboxylic acids is 2. The van der Waals surface area contributed by atoms with E-state index >= 15 is 0 Å². The molecule has 0 bridgehead atoms. The summed E-state index contributed by atoms with van der Waals surface area (Å²) in [5.74, 6) is 0.472. The Labute approximate surface area is 191 Å². The van der Waals surface area contributed by atoms with Gasteiger partial charge in [-0.1, -0.05) is 17.3 Å². The van der Waals surface area contributed by atoms with Crippen LogP contribution in [0, 0.1) is 0 Å². The van der Waals surface area contributed by atoms with E-state index in [1.807, 2.05) is 35.0 Å². The number of benzene rings is 1. The zero-order valence-electron chi connectivity index (χ0n) is 16.9. The number of ether oxygens (including phenoxy) is 1. The van der Waals surface area contributed by atoms with Crippen molar-refractivity contribution in [2.24, 2.45) is 0 Å². The highest BCUT2D eigenvalue weighted by Gasteiger charge is 2.17. The van der Waals surface area contributed by atoms with E-state index in [0.717, 1.165) is 9.75 Å². The second-order valence-electron chi connectivity index (χ2n) is 6.43. The summed E-state index contributed by atoms with van der Waals surface area (Å²) in [5, 5.41) is 13.1. The summed E-state index contributed by atoms with van der Waals surface area (Å²) in [6.45, 7) is 0.0252. The molecule has 2 amide bonds. The van der Waals surface area contributed by atoms with E-state index in [0.29, 0.717) is 17.1 Å². The van der Waals surface area contributed by atoms with Gasteiger partial charge in [0.25, 0.3) is 11.8 Å². The van der Waals surface area contributed by atoms with Crippen LogP contribution in [0.25, 0.3) is 16.8 Å². The van der Waals surface area contributed by atoms with E-state index in [-0.39, 0.29) is 18.1 Å². The van der Waals surface area contributed by atoms with Gasteiger partial charge in [0.1, 0.15) is 11.4 Å². The van der Waals surface area contributed by atoms with E-state index in [1.54, 1.807) is 37.5 Å². The van der Waals surface area contributed by atoms with Crippen LogP contribution in [-0.2, 0) is 11.3 Å². The molecule has 0 aliphatic heterocycles. The van der Waals surface area contributed by atoms with Crippen LogP contribution in [0.4, 0.5) is 0 Å². The Morgan fingerprint density at radius 1 is 1.09 bits per heavy atom. The van der Waals surface area contributed by atoms with Gasteiger partial charge >= 0.3 is 0 Å². The minimum absolute atomic E-state index is 0.0252. The number of methoxy groups -OCH3 is 1. The molecule has 0 saturated heterocycles. The lowest BCUT2D eigenvalue weighted by atomic mass is 10.2. The van der Waals surface area contributed by atoms with E-state index in [9.17, 15) is 9.59 Å². The molecule has 8 nitrogen and oxygen atoms in total. The molecule has 3 aromatic heterocycles. The highest BCUT2D eigenvalue weighted by atomic mass is 32.1. The smallest absolute Gasteiger partial charge is 0.268 e. The molecule has 32 heavy (non-hydrogen) atoms. The highest BCUT2D eigenvalue weighted by Crippen LogP contribution is 2.21. The summed E-state index contributed by atoms with van der Waals surface area (Å²) >= 11 is 2.94. The maximum atomic E-state index is 12.8. The van der Waals surface area contributed by atoms with Gasteiger partial charge in [0, 0.05) is 10.4 Å². The first-order chi connectivity index (χ1) is 15.6. The monoisotopic (exact) mass is 466 g/mol. The van der Waals surface area contributed by atoms with Gasteiger partial charge in [0.05, 0.1) is 18.5 Å². The summed E-state index contributed by atoms with van der Waals surface area (Å²) < 4.78 is 10.3. The van der Waals surface area contributed by atoms with Crippen molar-refractivity contribution in [3.05, 3.63) is 81.3 Å². The SMILES string of the molecule is COc1ccc(C(=O)N/C(=C\c2cccs2)C(=O)NCc2nc(-c3cccs3)no2)cc1. The molecular weight excluding hydrogens is 448 g/mol. The van der Waals surface area contributed by atoms with Crippen molar-refractivity contribution in [3.8, 4) is 16.5 Å². The molecule has 4 aromatic rings. The number of aromatic nitrogens is 2. The molecule has 0 unspecified atom stereocenters. The lowest BCUT2D eigenvalue weighted by molar-refractivity contribution is -0.118. The van der Waals surface area contributed by atoms with Gasteiger partial charge in [0.2, 0.25) is 11.7 Å². The van der Waals surface area contributed by atoms with Crippen LogP contribution >= 0.6 is 22.7 Å². The number of hydrogen-bond donors (Lipinski definition) is 2. The second-order valence-corrected chi connectivity index (χ2v) is 8.35. The first kappa shape index (κ1) is 21.5. The fraction of sp³-hybridized carbons (Fsp3) is 0.0909. The van der Waals surface area contributed by atoms with Crippen molar-refractivity contribution in [1.29, 1.82) is 0 Å². The van der Waals surface area contributed by atoms with Gasteiger partial charge in [0.15, 0.2) is 0 Å². The Kier molecular flexibility index (Phi) is 6.73. The quantitative estimate of drug-likeness (QED) is 0.381. The molecule has 0 spiro atoms. The van der Waals surface area contributed by atoms with Crippen LogP contribution < -0.4 is 15.4 Å². The average molecular weight is 467 g/mol. The third-order valence-corrected chi connectivity index (χ3v) is 5.97. The van der Waals surface area contributed by atoms with Crippen molar-refractivity contribution >= 4 is 40.6 Å². The van der Waals surface area contributed by atoms with E-state index in [4.69, 9.17) is 9.26 Å². The van der Waals surface area contributed by atoms with Crippen molar-refractivity contribution in [1.82, 2.24) is 20.8 Å². The minimum Gasteiger partial charge on any atom is -0.497 e. The number of nitrogens with zero attached hydrogens (tertiary/aromatic N) is 2. The Morgan fingerprint density at radius 2 is 1.88 bits per heavy atom. The van der Waals surface area contributed by atoms with Crippen LogP contribution in [0.15, 0.2) is 69.5 Å². The normalized spacial score (nSPS) is 11.2. The molecule has 0 aliphatic carbocycles. The fourth-order valence-corrected chi connectivity index (χ4v) is 4.00. The molecule has 0 atom stereocenters. The predicted octanol–water partition coefficient (Wildman–Crippen LogP) is 3.96. The number of rotatable bonds is 8. The molecule has 0 aliphatic rings. The van der Waals surface area contributed by atoms with Crippen molar-refractivity contribution in [2.45, 2.75) is 6.54 Å². The summed E-state index contributed by atoms with van der Waals surface area (Å²) in [4.78, 5) is 31.5. The molecule has 3 heterocycles. The molecule has 1 aromatic carbocycles. The lowest BCUT2D eigenvalue weighted by Gasteiger charge is -2.10. The number of thiophene rings is 2. The highest BCUT2D eigenvalue weighted by molar-refractivity contribution is 7.13. The number of hydrogen-bond acceptors (Lipinski definition) is 8. The Bertz CT molecular complexity index is 1210.